The van der Waals surface area contributed by atoms with Gasteiger partial charge in [-0.1, -0.05) is 12.5 Å². The fraction of sp³-hybridized carbons (Fsp3) is 0.588. The molecule has 29 heavy (non-hydrogen) atoms. The highest BCUT2D eigenvalue weighted by Crippen LogP contribution is 2.34. The van der Waals surface area contributed by atoms with E-state index in [2.05, 4.69) is 20.1 Å². The van der Waals surface area contributed by atoms with Crippen LogP contribution in [0.3, 0.4) is 0 Å². The molecule has 1 atom stereocenters. The summed E-state index contributed by atoms with van der Waals surface area (Å²) in [5, 5.41) is 5.75. The van der Waals surface area contributed by atoms with Gasteiger partial charge in [-0.05, 0) is 31.5 Å². The molecule has 1 fully saturated rings. The summed E-state index contributed by atoms with van der Waals surface area (Å²) in [7, 11) is 0. The molecule has 166 valence electrons. The van der Waals surface area contributed by atoms with Crippen molar-refractivity contribution in [2.45, 2.75) is 37.7 Å². The highest BCUT2D eigenvalue weighted by atomic mass is 35.5. The summed E-state index contributed by atoms with van der Waals surface area (Å²) in [5.74, 6) is -2.04. The Labute approximate surface area is 169 Å². The number of carbonyl (C=O) groups is 1. The van der Waals surface area contributed by atoms with Gasteiger partial charge >= 0.3 is 12.4 Å². The lowest BCUT2D eigenvalue weighted by Gasteiger charge is -2.24. The largest absolute Gasteiger partial charge is 0.480 e. The molecule has 1 aliphatic heterocycles. The molecule has 0 bridgehead atoms. The maximum absolute atomic E-state index is 12.5. The Hall–Kier alpha value is -1.88. The van der Waals surface area contributed by atoms with Crippen molar-refractivity contribution < 1.29 is 40.6 Å². The average molecular weight is 451 g/mol. The zero-order valence-electron chi connectivity index (χ0n) is 15.2. The lowest BCUT2D eigenvalue weighted by Crippen LogP contribution is -2.43. The number of alkyl halides is 6. The van der Waals surface area contributed by atoms with Gasteiger partial charge in [-0.15, -0.1) is 12.4 Å². The summed E-state index contributed by atoms with van der Waals surface area (Å²) >= 11 is 0. The Balaban J connectivity index is 0.00000420. The number of hydrogen-bond acceptors (Lipinski definition) is 4. The second-order valence-corrected chi connectivity index (χ2v) is 6.30. The molecular formula is C17H21ClF6N2O3. The first-order valence-corrected chi connectivity index (χ1v) is 8.59. The highest BCUT2D eigenvalue weighted by molar-refractivity contribution is 5.97. The second kappa shape index (κ2) is 10.8. The van der Waals surface area contributed by atoms with Crippen LogP contribution in [-0.4, -0.2) is 50.6 Å². The first-order chi connectivity index (χ1) is 13.1. The summed E-state index contributed by atoms with van der Waals surface area (Å²) in [4.78, 5) is 12.4. The summed E-state index contributed by atoms with van der Waals surface area (Å²) in [5.41, 5.74) is -0.334. The molecule has 1 saturated heterocycles. The van der Waals surface area contributed by atoms with E-state index in [1.807, 2.05) is 0 Å². The maximum atomic E-state index is 12.5. The number of carbonyl (C=O) groups excluding carboxylic acids is 1. The fourth-order valence-electron chi connectivity index (χ4n) is 2.68. The number of ether oxygens (including phenoxy) is 2. The summed E-state index contributed by atoms with van der Waals surface area (Å²) in [6, 6.07) is 3.40. The van der Waals surface area contributed by atoms with E-state index >= 15 is 0 Å². The van der Waals surface area contributed by atoms with Crippen LogP contribution in [0.4, 0.5) is 26.3 Å². The van der Waals surface area contributed by atoms with Crippen molar-refractivity contribution in [2.75, 3.05) is 26.3 Å². The number of para-hydroxylation sites is 1. The Morgan fingerprint density at radius 2 is 1.72 bits per heavy atom. The smallest absolute Gasteiger partial charge is 0.422 e. The third-order valence-corrected chi connectivity index (χ3v) is 3.92. The maximum Gasteiger partial charge on any atom is 0.422 e. The number of hydrogen-bond donors (Lipinski definition) is 2. The van der Waals surface area contributed by atoms with E-state index < -0.39 is 43.0 Å². The lowest BCUT2D eigenvalue weighted by atomic mass is 10.0. The molecule has 1 amide bonds. The molecule has 1 unspecified atom stereocenters. The molecule has 1 aromatic carbocycles. The minimum absolute atomic E-state index is 0. The van der Waals surface area contributed by atoms with Crippen molar-refractivity contribution in [1.29, 1.82) is 0 Å². The molecule has 1 aromatic rings. The minimum Gasteiger partial charge on any atom is -0.480 e. The van der Waals surface area contributed by atoms with Crippen LogP contribution < -0.4 is 20.1 Å². The van der Waals surface area contributed by atoms with Gasteiger partial charge in [0.15, 0.2) is 24.7 Å². The number of rotatable bonds is 7. The molecule has 0 saturated carbocycles. The van der Waals surface area contributed by atoms with E-state index in [1.54, 1.807) is 0 Å². The van der Waals surface area contributed by atoms with Gasteiger partial charge in [-0.25, -0.2) is 0 Å². The molecule has 2 rings (SSSR count). The van der Waals surface area contributed by atoms with Crippen molar-refractivity contribution in [3.8, 4) is 11.5 Å². The number of nitrogens with one attached hydrogen (secondary N) is 2. The van der Waals surface area contributed by atoms with Crippen molar-refractivity contribution in [2.24, 2.45) is 0 Å². The predicted molar refractivity (Wildman–Crippen MR) is 94.8 cm³/mol. The van der Waals surface area contributed by atoms with E-state index in [-0.39, 0.29) is 30.6 Å². The zero-order chi connectivity index (χ0) is 20.8. The second-order valence-electron chi connectivity index (χ2n) is 6.30. The average Bonchev–Trinajstić information content (AvgIpc) is 2.62. The molecule has 0 radical (unpaired) electrons. The minimum atomic E-state index is -4.74. The molecular weight excluding hydrogens is 430 g/mol. The molecule has 2 N–H and O–H groups in total. The predicted octanol–water partition coefficient (Wildman–Crippen LogP) is 3.86. The SMILES string of the molecule is Cl.O=C(NCC1CCCCN1)c1cccc(OCC(F)(F)F)c1OCC(F)(F)F. The number of halogens is 7. The Bertz CT molecular complexity index is 664. The van der Waals surface area contributed by atoms with E-state index in [0.717, 1.165) is 37.9 Å². The van der Waals surface area contributed by atoms with E-state index in [9.17, 15) is 31.1 Å². The molecule has 12 heteroatoms. The van der Waals surface area contributed by atoms with Gasteiger partial charge in [-0.2, -0.15) is 26.3 Å². The standard InChI is InChI=1S/C17H20F6N2O3.ClH/c18-16(19,20)9-27-13-6-3-5-12(14(13)28-10-17(21,22)23)15(26)25-8-11-4-1-2-7-24-11;/h3,5-6,11,24H,1-2,4,7-10H2,(H,25,26);1H. The van der Waals surface area contributed by atoms with Crippen molar-refractivity contribution in [1.82, 2.24) is 10.6 Å². The van der Waals surface area contributed by atoms with E-state index in [4.69, 9.17) is 0 Å². The van der Waals surface area contributed by atoms with Crippen LogP contribution in [0, 0.1) is 0 Å². The van der Waals surface area contributed by atoms with Crippen LogP contribution >= 0.6 is 12.4 Å². The fourth-order valence-corrected chi connectivity index (χ4v) is 2.68. The van der Waals surface area contributed by atoms with Crippen LogP contribution in [-0.2, 0) is 0 Å². The van der Waals surface area contributed by atoms with E-state index in [0.29, 0.717) is 0 Å². The molecule has 1 heterocycles. The Morgan fingerprint density at radius 3 is 2.31 bits per heavy atom. The third kappa shape index (κ3) is 8.99. The molecule has 0 aromatic heterocycles. The molecule has 5 nitrogen and oxygen atoms in total. The van der Waals surface area contributed by atoms with Gasteiger partial charge in [0.2, 0.25) is 0 Å². The van der Waals surface area contributed by atoms with Gasteiger partial charge in [0.25, 0.3) is 5.91 Å². The van der Waals surface area contributed by atoms with Crippen LogP contribution in [0.15, 0.2) is 18.2 Å². The molecule has 0 spiro atoms. The number of benzene rings is 1. The number of piperidine rings is 1. The van der Waals surface area contributed by atoms with Gasteiger partial charge in [0.1, 0.15) is 0 Å². The summed E-state index contributed by atoms with van der Waals surface area (Å²) in [6.07, 6.45) is -6.62. The topological polar surface area (TPSA) is 59.6 Å². The van der Waals surface area contributed by atoms with Crippen LogP contribution in [0.1, 0.15) is 29.6 Å². The Kier molecular flexibility index (Phi) is 9.34. The van der Waals surface area contributed by atoms with Crippen LogP contribution in [0.2, 0.25) is 0 Å². The van der Waals surface area contributed by atoms with E-state index in [1.165, 1.54) is 6.07 Å². The quantitative estimate of drug-likeness (QED) is 0.619. The van der Waals surface area contributed by atoms with Crippen molar-refractivity contribution >= 4 is 18.3 Å². The summed E-state index contributed by atoms with van der Waals surface area (Å²) in [6.45, 7) is -2.48. The van der Waals surface area contributed by atoms with Crippen molar-refractivity contribution in [3.05, 3.63) is 23.8 Å². The third-order valence-electron chi connectivity index (χ3n) is 3.92. The lowest BCUT2D eigenvalue weighted by molar-refractivity contribution is -0.158. The van der Waals surface area contributed by atoms with Gasteiger partial charge in [-0.3, -0.25) is 4.79 Å². The van der Waals surface area contributed by atoms with Gasteiger partial charge in [0, 0.05) is 12.6 Å². The number of amides is 1. The Morgan fingerprint density at radius 1 is 1.07 bits per heavy atom. The first-order valence-electron chi connectivity index (χ1n) is 8.59. The van der Waals surface area contributed by atoms with Gasteiger partial charge in [0.05, 0.1) is 5.56 Å². The molecule has 1 aliphatic rings. The highest BCUT2D eigenvalue weighted by Gasteiger charge is 2.32. The van der Waals surface area contributed by atoms with Crippen LogP contribution in [0.5, 0.6) is 11.5 Å². The van der Waals surface area contributed by atoms with Crippen LogP contribution in [0.25, 0.3) is 0 Å². The zero-order valence-corrected chi connectivity index (χ0v) is 16.0. The molecule has 0 aliphatic carbocycles. The first kappa shape index (κ1) is 25.2. The van der Waals surface area contributed by atoms with Crippen molar-refractivity contribution in [3.63, 3.8) is 0 Å². The normalized spacial score (nSPS) is 17.2. The van der Waals surface area contributed by atoms with Gasteiger partial charge < -0.3 is 20.1 Å². The summed E-state index contributed by atoms with van der Waals surface area (Å²) < 4.78 is 83.9. The monoisotopic (exact) mass is 450 g/mol.